The number of rotatable bonds is 19. The zero-order chi connectivity index (χ0) is 71.4. The molecule has 2 heterocycles. The highest BCUT2D eigenvalue weighted by molar-refractivity contribution is 7.14. The van der Waals surface area contributed by atoms with Crippen molar-refractivity contribution in [1.82, 2.24) is 0 Å². The first-order valence-electron chi connectivity index (χ1n) is 35.7. The van der Waals surface area contributed by atoms with Crippen LogP contribution >= 0.6 is 22.7 Å². The molecule has 4 heteroatoms. The van der Waals surface area contributed by atoms with Crippen LogP contribution in [0.1, 0.15) is 117 Å². The maximum absolute atomic E-state index is 2.40. The molecule has 0 fully saturated rings. The normalized spacial score (nSPS) is 12.4. The number of anilines is 6. The molecule has 0 bridgehead atoms. The molecule has 2 aromatic heterocycles. The van der Waals surface area contributed by atoms with Crippen molar-refractivity contribution in [3.8, 4) is 22.3 Å². The molecule has 15 rings (SSSR count). The topological polar surface area (TPSA) is 6.48 Å². The van der Waals surface area contributed by atoms with E-state index >= 15 is 0 Å². The molecule has 0 saturated carbocycles. The molecule has 1 aliphatic rings. The predicted octanol–water partition coefficient (Wildman–Crippen LogP) is 29.0. The van der Waals surface area contributed by atoms with Gasteiger partial charge in [0.15, 0.2) is 0 Å². The largest absolute Gasteiger partial charge is 0.310 e. The fourth-order valence-electron chi connectivity index (χ4n) is 13.6. The highest BCUT2D eigenvalue weighted by atomic mass is 32.1. The number of aryl methyl sites for hydroxylation is 5. The lowest BCUT2D eigenvalue weighted by Crippen LogP contribution is -2.16. The fourth-order valence-corrected chi connectivity index (χ4v) is 15.5. The van der Waals surface area contributed by atoms with Crippen LogP contribution in [0.5, 0.6) is 0 Å². The van der Waals surface area contributed by atoms with Crippen LogP contribution in [0.3, 0.4) is 0 Å². The smallest absolute Gasteiger partial charge is 0.0465 e. The van der Waals surface area contributed by atoms with Crippen LogP contribution in [0.15, 0.2) is 309 Å². The van der Waals surface area contributed by atoms with Crippen LogP contribution in [0.25, 0.3) is 95.2 Å². The molecule has 0 aliphatic heterocycles. The Hall–Kier alpha value is -11.9. The van der Waals surface area contributed by atoms with E-state index in [-0.39, 0.29) is 5.41 Å². The van der Waals surface area contributed by atoms with Crippen LogP contribution in [-0.4, -0.2) is 0 Å². The van der Waals surface area contributed by atoms with Crippen LogP contribution in [0.2, 0.25) is 0 Å². The standard InChI is InChI=1S/C50H41NS.C50H43NS/c1-36-34-44(52-49(36)33-25-38-14-8-5-9-15-38)31-24-40-22-28-42(29-23-40)51(41-26-20-39(21-27-41)19-18-37-12-6-4-7-13-37)43-30-32-46-45-16-10-11-17-47(45)50(2,3)48(46)35-43;1-36-15-19-44(20-16-36)45-24-27-46(28-25-45)51(47-29-22-42(37(2)33-47)21-17-40-11-7-5-8-12-40)48-30-23-43(38(3)34-48)26-31-49-35-39(4)50(52-49)32-18-41-13-9-6-10-14-41/h4-35H,1-3H3;5-35H,1-4H3. The van der Waals surface area contributed by atoms with E-state index in [4.69, 9.17) is 0 Å². The molecule has 0 unspecified atom stereocenters. The van der Waals surface area contributed by atoms with Gasteiger partial charge in [0, 0.05) is 59.0 Å². The molecule has 0 spiro atoms. The molecule has 12 aromatic carbocycles. The van der Waals surface area contributed by atoms with E-state index < -0.39 is 0 Å². The quantitative estimate of drug-likeness (QED) is 0.0745. The minimum atomic E-state index is -0.0777. The second-order valence-electron chi connectivity index (χ2n) is 27.3. The van der Waals surface area contributed by atoms with E-state index in [1.54, 1.807) is 0 Å². The van der Waals surface area contributed by atoms with Gasteiger partial charge in [-0.05, 0) is 244 Å². The second kappa shape index (κ2) is 32.0. The van der Waals surface area contributed by atoms with Gasteiger partial charge in [-0.1, -0.05) is 292 Å². The Morgan fingerprint density at radius 1 is 0.250 bits per heavy atom. The molecule has 506 valence electrons. The Balaban J connectivity index is 0.000000175. The van der Waals surface area contributed by atoms with Crippen LogP contribution in [0, 0.1) is 34.6 Å². The summed E-state index contributed by atoms with van der Waals surface area (Å²) in [5.74, 6) is 0. The molecular weight excluding hydrogens is 1290 g/mol. The lowest BCUT2D eigenvalue weighted by molar-refractivity contribution is 0.660. The van der Waals surface area contributed by atoms with Crippen LogP contribution < -0.4 is 9.80 Å². The van der Waals surface area contributed by atoms with Gasteiger partial charge in [-0.3, -0.25) is 0 Å². The predicted molar refractivity (Wildman–Crippen MR) is 457 cm³/mol. The van der Waals surface area contributed by atoms with Crippen molar-refractivity contribution in [2.24, 2.45) is 0 Å². The van der Waals surface area contributed by atoms with Gasteiger partial charge >= 0.3 is 0 Å². The zero-order valence-electron chi connectivity index (χ0n) is 60.1. The van der Waals surface area contributed by atoms with E-state index in [0.717, 1.165) is 34.1 Å². The summed E-state index contributed by atoms with van der Waals surface area (Å²) in [6, 6.07) is 111. The van der Waals surface area contributed by atoms with Crippen molar-refractivity contribution in [3.05, 3.63) is 412 Å². The van der Waals surface area contributed by atoms with E-state index in [1.807, 2.05) is 28.7 Å². The first-order chi connectivity index (χ1) is 50.8. The molecule has 0 saturated heterocycles. The van der Waals surface area contributed by atoms with Crippen molar-refractivity contribution in [1.29, 1.82) is 0 Å². The number of nitrogens with zero attached hydrogens (tertiary/aromatic N) is 2. The van der Waals surface area contributed by atoms with E-state index in [0.29, 0.717) is 0 Å². The third kappa shape index (κ3) is 16.5. The molecule has 1 aliphatic carbocycles. The molecule has 0 atom stereocenters. The van der Waals surface area contributed by atoms with Crippen molar-refractivity contribution < 1.29 is 0 Å². The van der Waals surface area contributed by atoms with Crippen LogP contribution in [-0.2, 0) is 5.41 Å². The molecule has 2 nitrogen and oxygen atoms in total. The molecule has 0 amide bonds. The Morgan fingerprint density at radius 3 is 1.04 bits per heavy atom. The molecule has 14 aromatic rings. The monoisotopic (exact) mass is 1380 g/mol. The Kier molecular flexibility index (Phi) is 21.3. The number of thiophene rings is 2. The summed E-state index contributed by atoms with van der Waals surface area (Å²) >= 11 is 3.65. The molecule has 104 heavy (non-hydrogen) atoms. The first-order valence-corrected chi connectivity index (χ1v) is 37.4. The van der Waals surface area contributed by atoms with Gasteiger partial charge in [0.05, 0.1) is 0 Å². The van der Waals surface area contributed by atoms with Crippen molar-refractivity contribution >= 4 is 130 Å². The SMILES string of the molecule is Cc1cc(C=Cc2ccc(N(c3ccc(C=Cc4ccccc4)cc3)c3ccc4c(c3)C(C)(C)c3ccccc3-4)cc2)sc1C=Cc1ccccc1.Cc1ccc(-c2ccc(N(c3ccc(C=Cc4ccccc4)c(C)c3)c3ccc(C=Cc4cc(C)c(C=Cc5ccccc5)s4)c(C)c3)cc2)cc1. The van der Waals surface area contributed by atoms with E-state index in [9.17, 15) is 0 Å². The second-order valence-corrected chi connectivity index (χ2v) is 29.5. The Morgan fingerprint density at radius 2 is 0.577 bits per heavy atom. The highest BCUT2D eigenvalue weighted by Crippen LogP contribution is 2.51. The number of fused-ring (bicyclic) bond motifs is 3. The zero-order valence-corrected chi connectivity index (χ0v) is 61.7. The average molecular weight is 1380 g/mol. The lowest BCUT2D eigenvalue weighted by atomic mass is 9.82. The summed E-state index contributed by atoms with van der Waals surface area (Å²) in [6.07, 6.45) is 26.5. The lowest BCUT2D eigenvalue weighted by Gasteiger charge is -2.28. The van der Waals surface area contributed by atoms with Gasteiger partial charge in [0.2, 0.25) is 0 Å². The van der Waals surface area contributed by atoms with Crippen molar-refractivity contribution in [2.75, 3.05) is 9.80 Å². The van der Waals surface area contributed by atoms with Gasteiger partial charge in [-0.25, -0.2) is 0 Å². The van der Waals surface area contributed by atoms with Crippen molar-refractivity contribution in [3.63, 3.8) is 0 Å². The average Bonchev–Trinajstić information content (AvgIpc) is 1.57. The maximum atomic E-state index is 2.40. The van der Waals surface area contributed by atoms with Gasteiger partial charge in [0.25, 0.3) is 0 Å². The number of hydrogen-bond acceptors (Lipinski definition) is 4. The van der Waals surface area contributed by atoms with E-state index in [2.05, 4.69) is 434 Å². The van der Waals surface area contributed by atoms with Gasteiger partial charge in [0.1, 0.15) is 0 Å². The van der Waals surface area contributed by atoms with Crippen molar-refractivity contribution in [2.45, 2.75) is 53.9 Å². The number of hydrogen-bond donors (Lipinski definition) is 0. The summed E-state index contributed by atoms with van der Waals surface area (Å²) in [5, 5.41) is 0. The third-order valence-corrected chi connectivity index (χ3v) is 21.8. The van der Waals surface area contributed by atoms with E-state index in [1.165, 1.54) is 125 Å². The highest BCUT2D eigenvalue weighted by Gasteiger charge is 2.36. The summed E-state index contributed by atoms with van der Waals surface area (Å²) < 4.78 is 0. The minimum Gasteiger partial charge on any atom is -0.310 e. The fraction of sp³-hybridized carbons (Fsp3) is 0.0800. The molecule has 0 radical (unpaired) electrons. The molecular formula is C100H84N2S2. The maximum Gasteiger partial charge on any atom is 0.0465 e. The van der Waals surface area contributed by atoms with Gasteiger partial charge in [-0.15, -0.1) is 22.7 Å². The summed E-state index contributed by atoms with van der Waals surface area (Å²) in [7, 11) is 0. The summed E-state index contributed by atoms with van der Waals surface area (Å²) in [4.78, 5) is 9.82. The molecule has 0 N–H and O–H groups in total. The first kappa shape index (κ1) is 69.2. The summed E-state index contributed by atoms with van der Waals surface area (Å²) in [5.41, 5.74) is 30.4. The number of benzene rings is 12. The Bertz CT molecular complexity index is 5450. The summed E-state index contributed by atoms with van der Waals surface area (Å²) in [6.45, 7) is 15.6. The van der Waals surface area contributed by atoms with Crippen LogP contribution in [0.4, 0.5) is 34.1 Å². The minimum absolute atomic E-state index is 0.0777. The van der Waals surface area contributed by atoms with Gasteiger partial charge < -0.3 is 9.80 Å². The third-order valence-electron chi connectivity index (χ3n) is 19.5. The van der Waals surface area contributed by atoms with Gasteiger partial charge in [-0.2, -0.15) is 0 Å². The Labute approximate surface area is 623 Å².